The fourth-order valence-electron chi connectivity index (χ4n) is 3.90. The molecular weight excluding hydrogens is 668 g/mol. The molecule has 0 spiro atoms. The number of anilines is 1. The van der Waals surface area contributed by atoms with Gasteiger partial charge in [-0.05, 0) is 17.7 Å². The first-order chi connectivity index (χ1) is 25.3. The van der Waals surface area contributed by atoms with Crippen LogP contribution in [0.4, 0.5) is 10.5 Å². The second kappa shape index (κ2) is 34.0. The van der Waals surface area contributed by atoms with E-state index in [2.05, 4.69) is 5.32 Å². The molecule has 2 rings (SSSR count). The Morgan fingerprint density at radius 3 is 1.22 bits per heavy atom. The Bertz CT molecular complexity index is 1050. The van der Waals surface area contributed by atoms with E-state index in [-0.39, 0.29) is 6.61 Å². The summed E-state index contributed by atoms with van der Waals surface area (Å²) in [4.78, 5) is 11.6. The number of hydrogen-bond acceptors (Lipinski definition) is 14. The maximum Gasteiger partial charge on any atom is 0.407 e. The van der Waals surface area contributed by atoms with E-state index < -0.39 is 6.09 Å². The van der Waals surface area contributed by atoms with Crippen LogP contribution in [0.3, 0.4) is 0 Å². The highest BCUT2D eigenvalue weighted by molar-refractivity contribution is 5.67. The zero-order valence-electron chi connectivity index (χ0n) is 29.8. The molecule has 0 aliphatic heterocycles. The largest absolute Gasteiger partial charge is 0.489 e. The van der Waals surface area contributed by atoms with E-state index in [1.54, 1.807) is 6.07 Å². The van der Waals surface area contributed by atoms with Crippen LogP contribution in [-0.4, -0.2) is 151 Å². The molecule has 15 nitrogen and oxygen atoms in total. The van der Waals surface area contributed by atoms with Gasteiger partial charge in [-0.3, -0.25) is 0 Å². The Kier molecular flexibility index (Phi) is 29.4. The number of alkyl carbamates (subject to hydrolysis) is 1. The number of carbonyl (C=O) groups excluding carboxylic acids is 1. The first-order valence-corrected chi connectivity index (χ1v) is 17.4. The smallest absolute Gasteiger partial charge is 0.407 e. The number of nitrogens with one attached hydrogen (secondary N) is 1. The summed E-state index contributed by atoms with van der Waals surface area (Å²) in [6, 6.07) is 16.9. The minimum Gasteiger partial charge on any atom is -0.489 e. The molecule has 1 amide bonds. The number of para-hydroxylation sites is 2. The fraction of sp³-hybridized carbons (Fsp3) is 0.639. The highest BCUT2D eigenvalue weighted by atomic mass is 16.6. The lowest BCUT2D eigenvalue weighted by Gasteiger charge is -2.10. The standard InChI is InChI=1S/C36H58N2O13/c37-34-8-4-5-9-35(34)50-31-30-49-29-28-48-27-26-47-25-24-46-23-22-45-21-20-44-19-18-43-17-16-42-15-14-41-13-12-40-11-10-38-36(39)51-32-33-6-2-1-3-7-33/h1-9H,10-32,37H2,(H,38,39). The molecule has 0 radical (unpaired) electrons. The van der Waals surface area contributed by atoms with Crippen molar-refractivity contribution in [3.63, 3.8) is 0 Å². The van der Waals surface area contributed by atoms with Gasteiger partial charge in [-0.15, -0.1) is 0 Å². The molecule has 0 bridgehead atoms. The highest BCUT2D eigenvalue weighted by Crippen LogP contribution is 2.19. The number of rotatable bonds is 36. The van der Waals surface area contributed by atoms with E-state index in [1.807, 2.05) is 48.5 Å². The van der Waals surface area contributed by atoms with Crippen molar-refractivity contribution in [2.24, 2.45) is 0 Å². The van der Waals surface area contributed by atoms with Crippen LogP contribution in [0.5, 0.6) is 5.75 Å². The van der Waals surface area contributed by atoms with Crippen LogP contribution in [0.25, 0.3) is 0 Å². The molecule has 290 valence electrons. The summed E-state index contributed by atoms with van der Waals surface area (Å²) in [5.74, 6) is 0.664. The van der Waals surface area contributed by atoms with E-state index >= 15 is 0 Å². The van der Waals surface area contributed by atoms with E-state index in [4.69, 9.17) is 62.6 Å². The molecule has 0 saturated heterocycles. The van der Waals surface area contributed by atoms with Crippen LogP contribution in [0.15, 0.2) is 54.6 Å². The summed E-state index contributed by atoms with van der Waals surface area (Å²) in [5, 5.41) is 2.64. The minimum atomic E-state index is -0.471. The summed E-state index contributed by atoms with van der Waals surface area (Å²) in [6.07, 6.45) is -0.471. The third kappa shape index (κ3) is 28.2. The van der Waals surface area contributed by atoms with Gasteiger partial charge in [-0.1, -0.05) is 42.5 Å². The predicted molar refractivity (Wildman–Crippen MR) is 189 cm³/mol. The first-order valence-electron chi connectivity index (χ1n) is 17.4. The van der Waals surface area contributed by atoms with E-state index in [0.717, 1.165) is 5.56 Å². The first kappa shape index (κ1) is 44.1. The second-order valence-electron chi connectivity index (χ2n) is 10.5. The van der Waals surface area contributed by atoms with Crippen LogP contribution in [0.1, 0.15) is 5.56 Å². The van der Waals surface area contributed by atoms with Crippen LogP contribution in [0, 0.1) is 0 Å². The number of nitrogen functional groups attached to an aromatic ring is 1. The maximum absolute atomic E-state index is 11.6. The fourth-order valence-corrected chi connectivity index (χ4v) is 3.90. The van der Waals surface area contributed by atoms with Gasteiger partial charge in [0.15, 0.2) is 0 Å². The summed E-state index contributed by atoms with van der Waals surface area (Å²) in [5.41, 5.74) is 7.37. The SMILES string of the molecule is Nc1ccccc1OCCOCCOCCOCCOCCOCCOCCOCCOCCOCCOCCNC(=O)OCc1ccccc1. The Morgan fingerprint density at radius 2 is 0.804 bits per heavy atom. The van der Waals surface area contributed by atoms with E-state index in [1.165, 1.54) is 0 Å². The van der Waals surface area contributed by atoms with Gasteiger partial charge in [-0.2, -0.15) is 0 Å². The third-order valence-corrected chi connectivity index (χ3v) is 6.48. The molecule has 0 aromatic heterocycles. The van der Waals surface area contributed by atoms with Crippen molar-refractivity contribution in [2.45, 2.75) is 6.61 Å². The summed E-state index contributed by atoms with van der Waals surface area (Å²) < 4.78 is 65.4. The normalized spacial score (nSPS) is 11.1. The average Bonchev–Trinajstić information content (AvgIpc) is 3.15. The predicted octanol–water partition coefficient (Wildman–Crippen LogP) is 2.74. The van der Waals surface area contributed by atoms with Gasteiger partial charge >= 0.3 is 6.09 Å². The van der Waals surface area contributed by atoms with Crippen LogP contribution in [-0.2, 0) is 58.7 Å². The molecule has 0 aliphatic carbocycles. The average molecular weight is 727 g/mol. The quantitative estimate of drug-likeness (QED) is 0.0778. The highest BCUT2D eigenvalue weighted by Gasteiger charge is 2.02. The van der Waals surface area contributed by atoms with Gasteiger partial charge in [0.1, 0.15) is 19.0 Å². The molecule has 3 N–H and O–H groups in total. The monoisotopic (exact) mass is 726 g/mol. The molecule has 15 heteroatoms. The van der Waals surface area contributed by atoms with Crippen molar-refractivity contribution >= 4 is 11.8 Å². The molecule has 0 unspecified atom stereocenters. The number of amides is 1. The van der Waals surface area contributed by atoms with Crippen LogP contribution in [0.2, 0.25) is 0 Å². The van der Waals surface area contributed by atoms with Crippen LogP contribution < -0.4 is 15.8 Å². The van der Waals surface area contributed by atoms with Crippen molar-refractivity contribution in [3.8, 4) is 5.75 Å². The van der Waals surface area contributed by atoms with Crippen LogP contribution >= 0.6 is 0 Å². The summed E-state index contributed by atoms with van der Waals surface area (Å²) >= 11 is 0. The molecule has 0 aliphatic rings. The number of hydrogen-bond donors (Lipinski definition) is 2. The zero-order valence-corrected chi connectivity index (χ0v) is 29.8. The Balaban J connectivity index is 1.15. The molecule has 0 fully saturated rings. The van der Waals surface area contributed by atoms with E-state index in [9.17, 15) is 4.79 Å². The zero-order chi connectivity index (χ0) is 36.1. The lowest BCUT2D eigenvalue weighted by Crippen LogP contribution is -2.28. The van der Waals surface area contributed by atoms with Gasteiger partial charge in [-0.25, -0.2) is 4.79 Å². The second-order valence-corrected chi connectivity index (χ2v) is 10.5. The van der Waals surface area contributed by atoms with Gasteiger partial charge < -0.3 is 67.9 Å². The molecule has 0 saturated carbocycles. The van der Waals surface area contributed by atoms with Gasteiger partial charge in [0.05, 0.1) is 138 Å². The van der Waals surface area contributed by atoms with Crippen molar-refractivity contribution < 1.29 is 61.6 Å². The molecule has 2 aromatic carbocycles. The summed E-state index contributed by atoms with van der Waals surface area (Å²) in [7, 11) is 0. The lowest BCUT2D eigenvalue weighted by molar-refractivity contribution is -0.0266. The van der Waals surface area contributed by atoms with Crippen molar-refractivity contribution in [3.05, 3.63) is 60.2 Å². The minimum absolute atomic E-state index is 0.236. The third-order valence-electron chi connectivity index (χ3n) is 6.48. The van der Waals surface area contributed by atoms with Crippen molar-refractivity contribution in [2.75, 3.05) is 151 Å². The topological polar surface area (TPSA) is 166 Å². The number of carbonyl (C=O) groups is 1. The van der Waals surface area contributed by atoms with Gasteiger partial charge in [0.25, 0.3) is 0 Å². The Labute approximate surface area is 302 Å². The molecule has 2 aromatic rings. The molecule has 0 atom stereocenters. The number of ether oxygens (including phenoxy) is 12. The lowest BCUT2D eigenvalue weighted by atomic mass is 10.2. The molecule has 51 heavy (non-hydrogen) atoms. The van der Waals surface area contributed by atoms with Gasteiger partial charge in [0.2, 0.25) is 0 Å². The Hall–Kier alpha value is -3.09. The van der Waals surface area contributed by atoms with Crippen molar-refractivity contribution in [1.82, 2.24) is 5.32 Å². The van der Waals surface area contributed by atoms with E-state index in [0.29, 0.717) is 157 Å². The number of benzene rings is 2. The Morgan fingerprint density at radius 1 is 0.451 bits per heavy atom. The number of nitrogens with two attached hydrogens (primary N) is 1. The molecular formula is C36H58N2O13. The van der Waals surface area contributed by atoms with Gasteiger partial charge in [0, 0.05) is 6.54 Å². The maximum atomic E-state index is 11.6. The summed E-state index contributed by atoms with van der Waals surface area (Å²) in [6.45, 7) is 10.5. The molecule has 0 heterocycles. The van der Waals surface area contributed by atoms with Crippen molar-refractivity contribution in [1.29, 1.82) is 0 Å².